The minimum Gasteiger partial charge on any atom is -0.467 e. The van der Waals surface area contributed by atoms with Gasteiger partial charge in [-0.15, -0.1) is 11.8 Å². The third kappa shape index (κ3) is 4.91. The maximum Gasteiger partial charge on any atom is 0.254 e. The van der Waals surface area contributed by atoms with Crippen LogP contribution >= 0.6 is 23.4 Å². The average molecular weight is 372 g/mol. The Hall–Kier alpha value is -2.17. The molecule has 0 unspecified atom stereocenters. The van der Waals surface area contributed by atoms with Crippen molar-refractivity contribution >= 4 is 29.3 Å². The molecule has 3 aromatic rings. The van der Waals surface area contributed by atoms with Crippen LogP contribution in [0, 0.1) is 0 Å². The molecule has 128 valence electrons. The van der Waals surface area contributed by atoms with Crippen LogP contribution in [0.2, 0.25) is 5.02 Å². The number of carbonyl (C=O) groups excluding carboxylic acids is 1. The van der Waals surface area contributed by atoms with E-state index in [4.69, 9.17) is 16.0 Å². The molecule has 1 amide bonds. The number of carbonyl (C=O) groups is 1. The van der Waals surface area contributed by atoms with E-state index in [1.54, 1.807) is 30.0 Å². The van der Waals surface area contributed by atoms with E-state index in [1.165, 1.54) is 0 Å². The number of hydrogen-bond acceptors (Lipinski definition) is 3. The lowest BCUT2D eigenvalue weighted by Crippen LogP contribution is -2.26. The first kappa shape index (κ1) is 17.6. The van der Waals surface area contributed by atoms with E-state index in [-0.39, 0.29) is 5.91 Å². The van der Waals surface area contributed by atoms with Crippen LogP contribution in [0.25, 0.3) is 0 Å². The third-order valence-electron chi connectivity index (χ3n) is 3.71. The van der Waals surface area contributed by atoms with E-state index >= 15 is 0 Å². The van der Waals surface area contributed by atoms with Gasteiger partial charge in [0.05, 0.1) is 12.8 Å². The molecule has 0 atom stereocenters. The maximum atomic E-state index is 12.6. The quantitative estimate of drug-likeness (QED) is 0.536. The highest BCUT2D eigenvalue weighted by Crippen LogP contribution is 2.24. The van der Waals surface area contributed by atoms with Crippen molar-refractivity contribution in [2.24, 2.45) is 0 Å². The molecule has 0 aliphatic rings. The third-order valence-corrected chi connectivity index (χ3v) is 5.05. The molecule has 0 radical (unpaired) electrons. The predicted octanol–water partition coefficient (Wildman–Crippen LogP) is 5.50. The summed E-state index contributed by atoms with van der Waals surface area (Å²) in [7, 11) is 1.78. The molecular formula is C20H18ClNO2S. The Morgan fingerprint density at radius 1 is 1.12 bits per heavy atom. The fraction of sp³-hybridized carbons (Fsp3) is 0.150. The zero-order valence-electron chi connectivity index (χ0n) is 13.8. The summed E-state index contributed by atoms with van der Waals surface area (Å²) in [6, 6.07) is 19.2. The van der Waals surface area contributed by atoms with E-state index in [1.807, 2.05) is 60.7 Å². The molecular weight excluding hydrogens is 354 g/mol. The highest BCUT2D eigenvalue weighted by molar-refractivity contribution is 7.98. The molecule has 1 aromatic heterocycles. The van der Waals surface area contributed by atoms with Gasteiger partial charge in [-0.3, -0.25) is 4.79 Å². The molecule has 25 heavy (non-hydrogen) atoms. The van der Waals surface area contributed by atoms with Gasteiger partial charge in [0.1, 0.15) is 5.76 Å². The molecule has 0 spiro atoms. The highest BCUT2D eigenvalue weighted by atomic mass is 35.5. The first-order chi connectivity index (χ1) is 12.1. The van der Waals surface area contributed by atoms with Gasteiger partial charge in [-0.1, -0.05) is 23.7 Å². The number of rotatable bonds is 6. The Morgan fingerprint density at radius 3 is 2.64 bits per heavy atom. The number of furan rings is 1. The van der Waals surface area contributed by atoms with Gasteiger partial charge in [-0.2, -0.15) is 0 Å². The van der Waals surface area contributed by atoms with Gasteiger partial charge in [0.15, 0.2) is 0 Å². The van der Waals surface area contributed by atoms with Crippen LogP contribution in [0.15, 0.2) is 76.2 Å². The molecule has 2 aromatic carbocycles. The molecule has 0 bridgehead atoms. The number of benzene rings is 2. The van der Waals surface area contributed by atoms with Crippen molar-refractivity contribution in [3.8, 4) is 0 Å². The number of nitrogens with zero attached hydrogens (tertiary/aromatic N) is 1. The maximum absolute atomic E-state index is 12.6. The van der Waals surface area contributed by atoms with Crippen molar-refractivity contribution in [2.45, 2.75) is 17.2 Å². The Balaban J connectivity index is 1.63. The Kier molecular flexibility index (Phi) is 5.84. The molecule has 0 aliphatic heterocycles. The largest absolute Gasteiger partial charge is 0.467 e. The SMILES string of the molecule is CN(Cc1ccco1)C(=O)c1cccc(CSc2ccc(Cl)cc2)c1. The Morgan fingerprint density at radius 2 is 1.92 bits per heavy atom. The molecule has 0 aliphatic carbocycles. The first-order valence-corrected chi connectivity index (χ1v) is 9.23. The summed E-state index contributed by atoms with van der Waals surface area (Å²) >= 11 is 7.62. The number of thioether (sulfide) groups is 1. The zero-order chi connectivity index (χ0) is 17.6. The van der Waals surface area contributed by atoms with Crippen LogP contribution in [-0.2, 0) is 12.3 Å². The second-order valence-electron chi connectivity index (χ2n) is 5.68. The molecule has 3 nitrogen and oxygen atoms in total. The van der Waals surface area contributed by atoms with Gasteiger partial charge in [-0.25, -0.2) is 0 Å². The lowest BCUT2D eigenvalue weighted by Gasteiger charge is -2.16. The van der Waals surface area contributed by atoms with Gasteiger partial charge in [0.2, 0.25) is 0 Å². The molecule has 0 N–H and O–H groups in total. The molecule has 3 rings (SSSR count). The lowest BCUT2D eigenvalue weighted by molar-refractivity contribution is 0.0775. The zero-order valence-corrected chi connectivity index (χ0v) is 15.4. The molecule has 0 saturated heterocycles. The molecule has 5 heteroatoms. The van der Waals surface area contributed by atoms with Crippen LogP contribution in [-0.4, -0.2) is 17.9 Å². The van der Waals surface area contributed by atoms with Crippen LogP contribution < -0.4 is 0 Å². The summed E-state index contributed by atoms with van der Waals surface area (Å²) < 4.78 is 5.30. The van der Waals surface area contributed by atoms with E-state index in [0.717, 1.165) is 27.0 Å². The summed E-state index contributed by atoms with van der Waals surface area (Å²) in [5, 5.41) is 0.733. The number of amides is 1. The predicted molar refractivity (Wildman–Crippen MR) is 102 cm³/mol. The second-order valence-corrected chi connectivity index (χ2v) is 7.17. The van der Waals surface area contributed by atoms with Gasteiger partial charge < -0.3 is 9.32 Å². The van der Waals surface area contributed by atoms with Gasteiger partial charge >= 0.3 is 0 Å². The summed E-state index contributed by atoms with van der Waals surface area (Å²) in [5.74, 6) is 1.55. The van der Waals surface area contributed by atoms with Crippen molar-refractivity contribution < 1.29 is 9.21 Å². The van der Waals surface area contributed by atoms with Gasteiger partial charge in [0, 0.05) is 28.3 Å². The summed E-state index contributed by atoms with van der Waals surface area (Å²) in [6.45, 7) is 0.454. The summed E-state index contributed by atoms with van der Waals surface area (Å²) in [5.41, 5.74) is 1.79. The summed E-state index contributed by atoms with van der Waals surface area (Å²) in [6.07, 6.45) is 1.61. The number of hydrogen-bond donors (Lipinski definition) is 0. The molecule has 0 fully saturated rings. The lowest BCUT2D eigenvalue weighted by atomic mass is 10.1. The van der Waals surface area contributed by atoms with E-state index in [2.05, 4.69) is 0 Å². The second kappa shape index (κ2) is 8.28. The van der Waals surface area contributed by atoms with Crippen molar-refractivity contribution in [1.29, 1.82) is 0 Å². The van der Waals surface area contributed by atoms with Crippen LogP contribution in [0.4, 0.5) is 0 Å². The van der Waals surface area contributed by atoms with E-state index < -0.39 is 0 Å². The minimum absolute atomic E-state index is 0.0188. The van der Waals surface area contributed by atoms with E-state index in [9.17, 15) is 4.79 Å². The van der Waals surface area contributed by atoms with Crippen molar-refractivity contribution in [1.82, 2.24) is 4.90 Å². The number of halogens is 1. The van der Waals surface area contributed by atoms with Gasteiger partial charge in [0.25, 0.3) is 5.91 Å². The normalized spacial score (nSPS) is 10.6. The molecule has 0 saturated carbocycles. The van der Waals surface area contributed by atoms with E-state index in [0.29, 0.717) is 12.1 Å². The summed E-state index contributed by atoms with van der Waals surface area (Å²) in [4.78, 5) is 15.4. The standard InChI is InChI=1S/C20H18ClNO2S/c1-22(13-18-6-3-11-24-18)20(23)16-5-2-4-15(12-16)14-25-19-9-7-17(21)8-10-19/h2-12H,13-14H2,1H3. The topological polar surface area (TPSA) is 33.5 Å². The molecule has 1 heterocycles. The monoisotopic (exact) mass is 371 g/mol. The first-order valence-electron chi connectivity index (χ1n) is 7.87. The average Bonchev–Trinajstić information content (AvgIpc) is 3.14. The van der Waals surface area contributed by atoms with Crippen molar-refractivity contribution in [3.63, 3.8) is 0 Å². The Bertz CT molecular complexity index is 831. The van der Waals surface area contributed by atoms with Gasteiger partial charge in [-0.05, 0) is 54.1 Å². The van der Waals surface area contributed by atoms with Crippen molar-refractivity contribution in [3.05, 3.63) is 88.8 Å². The fourth-order valence-corrected chi connectivity index (χ4v) is 3.39. The fourth-order valence-electron chi connectivity index (χ4n) is 2.42. The van der Waals surface area contributed by atoms with Crippen molar-refractivity contribution in [2.75, 3.05) is 7.05 Å². The smallest absolute Gasteiger partial charge is 0.254 e. The van der Waals surface area contributed by atoms with Crippen LogP contribution in [0.5, 0.6) is 0 Å². The highest BCUT2D eigenvalue weighted by Gasteiger charge is 2.13. The Labute approximate surface area is 156 Å². The van der Waals surface area contributed by atoms with Crippen LogP contribution in [0.1, 0.15) is 21.7 Å². The van der Waals surface area contributed by atoms with Crippen LogP contribution in [0.3, 0.4) is 0 Å². The minimum atomic E-state index is -0.0188.